The normalized spacial score (nSPS) is 9.00. The number of carbonyl (C=O) groups is 1. The zero-order valence-corrected chi connectivity index (χ0v) is 7.72. The number of H-pyrrole nitrogens is 1. The van der Waals surface area contributed by atoms with Crippen LogP contribution >= 0.6 is 12.4 Å². The number of aromatic carboxylic acids is 1. The molecule has 0 aliphatic rings. The monoisotopic (exact) mass is 204 g/mol. The van der Waals surface area contributed by atoms with E-state index in [1.165, 1.54) is 0 Å². The molecule has 0 atom stereocenters. The maximum absolute atomic E-state index is 10.8. The second-order valence-electron chi connectivity index (χ2n) is 2.24. The third-order valence-corrected chi connectivity index (χ3v) is 1.34. The molecule has 0 spiro atoms. The first-order chi connectivity index (χ1) is 5.63. The van der Waals surface area contributed by atoms with Crippen LogP contribution in [0.15, 0.2) is 10.9 Å². The lowest BCUT2D eigenvalue weighted by Crippen LogP contribution is -2.15. The Morgan fingerprint density at radius 1 is 1.69 bits per heavy atom. The van der Waals surface area contributed by atoms with Crippen molar-refractivity contribution < 1.29 is 9.90 Å². The van der Waals surface area contributed by atoms with Crippen molar-refractivity contribution in [3.63, 3.8) is 0 Å². The summed E-state index contributed by atoms with van der Waals surface area (Å²) in [5, 5.41) is 8.51. The van der Waals surface area contributed by atoms with Gasteiger partial charge >= 0.3 is 5.97 Å². The molecular weight excluding hydrogens is 196 g/mol. The summed E-state index contributed by atoms with van der Waals surface area (Å²) in [6.45, 7) is 1.78. The van der Waals surface area contributed by atoms with E-state index in [-0.39, 0.29) is 18.1 Å². The molecule has 0 saturated heterocycles. The van der Waals surface area contributed by atoms with Crippen LogP contribution in [-0.4, -0.2) is 21.0 Å². The molecule has 0 unspecified atom stereocenters. The molecule has 2 N–H and O–H groups in total. The Hall–Kier alpha value is -1.36. The summed E-state index contributed by atoms with van der Waals surface area (Å²) >= 11 is 0. The van der Waals surface area contributed by atoms with Crippen LogP contribution < -0.4 is 5.56 Å². The first-order valence-electron chi connectivity index (χ1n) is 3.47. The van der Waals surface area contributed by atoms with Gasteiger partial charge in [-0.2, -0.15) is 0 Å². The summed E-state index contributed by atoms with van der Waals surface area (Å²) in [5.74, 6) is -0.796. The molecule has 0 amide bonds. The second-order valence-corrected chi connectivity index (χ2v) is 2.24. The quantitative estimate of drug-likeness (QED) is 0.733. The van der Waals surface area contributed by atoms with E-state index in [2.05, 4.69) is 9.97 Å². The zero-order valence-electron chi connectivity index (χ0n) is 6.90. The minimum absolute atomic E-state index is 0. The molecule has 5 nitrogen and oxygen atoms in total. The van der Waals surface area contributed by atoms with Crippen molar-refractivity contribution in [2.75, 3.05) is 0 Å². The van der Waals surface area contributed by atoms with Crippen LogP contribution in [0.25, 0.3) is 0 Å². The van der Waals surface area contributed by atoms with E-state index >= 15 is 0 Å². The third-order valence-electron chi connectivity index (χ3n) is 1.34. The number of hydrogen-bond donors (Lipinski definition) is 2. The number of aryl methyl sites for hydroxylation is 1. The zero-order chi connectivity index (χ0) is 9.14. The van der Waals surface area contributed by atoms with Crippen LogP contribution in [0, 0.1) is 0 Å². The smallest absolute Gasteiger partial charge is 0.354 e. The van der Waals surface area contributed by atoms with Crippen molar-refractivity contribution in [2.45, 2.75) is 13.3 Å². The minimum atomic E-state index is -1.18. The Bertz CT molecular complexity index is 361. The van der Waals surface area contributed by atoms with Crippen LogP contribution in [0.1, 0.15) is 23.2 Å². The lowest BCUT2D eigenvalue weighted by Gasteiger charge is -1.96. The highest BCUT2D eigenvalue weighted by Crippen LogP contribution is 1.92. The van der Waals surface area contributed by atoms with E-state index in [1.54, 1.807) is 6.92 Å². The Labute approximate surface area is 80.2 Å². The van der Waals surface area contributed by atoms with E-state index in [1.807, 2.05) is 0 Å². The molecule has 1 aromatic heterocycles. The van der Waals surface area contributed by atoms with Crippen LogP contribution in [0.4, 0.5) is 0 Å². The first-order valence-corrected chi connectivity index (χ1v) is 3.47. The number of aromatic nitrogens is 2. The van der Waals surface area contributed by atoms with Crippen molar-refractivity contribution in [1.82, 2.24) is 9.97 Å². The van der Waals surface area contributed by atoms with Gasteiger partial charge in [-0.3, -0.25) is 4.79 Å². The standard InChI is InChI=1S/C7H8N2O3.ClH/c1-2-5-8-4(7(11)12)3-6(10)9-5;/h3H,2H2,1H3,(H,11,12)(H,8,9,10);1H. The van der Waals surface area contributed by atoms with E-state index in [0.29, 0.717) is 12.2 Å². The number of nitrogens with one attached hydrogen (secondary N) is 1. The number of aromatic amines is 1. The van der Waals surface area contributed by atoms with Crippen LogP contribution in [0.5, 0.6) is 0 Å². The van der Waals surface area contributed by atoms with Crippen molar-refractivity contribution >= 4 is 18.4 Å². The summed E-state index contributed by atoms with van der Waals surface area (Å²) in [6.07, 6.45) is 0.510. The summed E-state index contributed by atoms with van der Waals surface area (Å²) < 4.78 is 0. The van der Waals surface area contributed by atoms with Gasteiger partial charge < -0.3 is 10.1 Å². The number of rotatable bonds is 2. The van der Waals surface area contributed by atoms with Crippen molar-refractivity contribution in [2.24, 2.45) is 0 Å². The molecule has 1 rings (SSSR count). The largest absolute Gasteiger partial charge is 0.477 e. The van der Waals surface area contributed by atoms with Gasteiger partial charge in [0.05, 0.1) is 0 Å². The van der Waals surface area contributed by atoms with Gasteiger partial charge in [-0.1, -0.05) is 6.92 Å². The molecule has 1 heterocycles. The molecule has 0 radical (unpaired) electrons. The highest BCUT2D eigenvalue weighted by Gasteiger charge is 2.06. The van der Waals surface area contributed by atoms with Crippen molar-refractivity contribution in [3.8, 4) is 0 Å². The highest BCUT2D eigenvalue weighted by atomic mass is 35.5. The number of carboxylic acids is 1. The highest BCUT2D eigenvalue weighted by molar-refractivity contribution is 5.85. The fraction of sp³-hybridized carbons (Fsp3) is 0.286. The molecule has 6 heteroatoms. The van der Waals surface area contributed by atoms with E-state index in [0.717, 1.165) is 6.07 Å². The van der Waals surface area contributed by atoms with E-state index in [9.17, 15) is 9.59 Å². The molecule has 0 aliphatic heterocycles. The molecule has 13 heavy (non-hydrogen) atoms. The lowest BCUT2D eigenvalue weighted by atomic mass is 10.3. The molecule has 72 valence electrons. The number of hydrogen-bond acceptors (Lipinski definition) is 3. The molecule has 0 saturated carbocycles. The second kappa shape index (κ2) is 4.61. The van der Waals surface area contributed by atoms with Crippen LogP contribution in [0.3, 0.4) is 0 Å². The van der Waals surface area contributed by atoms with Gasteiger partial charge in [0.15, 0.2) is 5.69 Å². The number of carboxylic acid groups (broad SMARTS) is 1. The average molecular weight is 205 g/mol. The molecule has 0 bridgehead atoms. The molecular formula is C7H9ClN2O3. The molecule has 0 aliphatic carbocycles. The molecule has 0 fully saturated rings. The predicted octanol–water partition coefficient (Wildman–Crippen LogP) is 0.452. The number of nitrogens with zero attached hydrogens (tertiary/aromatic N) is 1. The van der Waals surface area contributed by atoms with Crippen molar-refractivity contribution in [3.05, 3.63) is 27.9 Å². The van der Waals surface area contributed by atoms with Gasteiger partial charge in [-0.25, -0.2) is 9.78 Å². The fourth-order valence-corrected chi connectivity index (χ4v) is 0.785. The Morgan fingerprint density at radius 3 is 2.77 bits per heavy atom. The summed E-state index contributed by atoms with van der Waals surface area (Å²) in [7, 11) is 0. The number of halogens is 1. The van der Waals surface area contributed by atoms with Gasteiger partial charge in [0, 0.05) is 12.5 Å². The van der Waals surface area contributed by atoms with Crippen molar-refractivity contribution in [1.29, 1.82) is 0 Å². The summed E-state index contributed by atoms with van der Waals surface area (Å²) in [4.78, 5) is 27.3. The van der Waals surface area contributed by atoms with Crippen LogP contribution in [-0.2, 0) is 6.42 Å². The van der Waals surface area contributed by atoms with Gasteiger partial charge in [0.2, 0.25) is 0 Å². The first kappa shape index (κ1) is 11.6. The third kappa shape index (κ3) is 2.87. The predicted molar refractivity (Wildman–Crippen MR) is 48.4 cm³/mol. The molecule has 0 aromatic carbocycles. The molecule has 1 aromatic rings. The van der Waals surface area contributed by atoms with Gasteiger partial charge in [0.1, 0.15) is 5.82 Å². The van der Waals surface area contributed by atoms with Gasteiger partial charge in [-0.15, -0.1) is 12.4 Å². The van der Waals surface area contributed by atoms with Crippen LogP contribution in [0.2, 0.25) is 0 Å². The SMILES string of the molecule is CCc1nc(C(=O)O)cc(=O)[nH]1.Cl. The topological polar surface area (TPSA) is 83.0 Å². The summed E-state index contributed by atoms with van der Waals surface area (Å²) in [5.41, 5.74) is -0.644. The Kier molecular flexibility index (Phi) is 4.13. The lowest BCUT2D eigenvalue weighted by molar-refractivity contribution is 0.0689. The summed E-state index contributed by atoms with van der Waals surface area (Å²) in [6, 6.07) is 0.960. The van der Waals surface area contributed by atoms with Gasteiger partial charge in [-0.05, 0) is 0 Å². The average Bonchev–Trinajstić information content (AvgIpc) is 2.03. The fourth-order valence-electron chi connectivity index (χ4n) is 0.785. The van der Waals surface area contributed by atoms with Gasteiger partial charge in [0.25, 0.3) is 5.56 Å². The van der Waals surface area contributed by atoms with E-state index < -0.39 is 11.5 Å². The maximum atomic E-state index is 10.8. The minimum Gasteiger partial charge on any atom is -0.477 e. The maximum Gasteiger partial charge on any atom is 0.354 e. The van der Waals surface area contributed by atoms with E-state index in [4.69, 9.17) is 5.11 Å². The Morgan fingerprint density at radius 2 is 2.31 bits per heavy atom. The Balaban J connectivity index is 0.00000144.